The molecule has 1 aromatic heterocycles. The van der Waals surface area contributed by atoms with Crippen LogP contribution in [0.2, 0.25) is 0 Å². The third-order valence-electron chi connectivity index (χ3n) is 7.50. The molecular formula is C21H36N6O. The van der Waals surface area contributed by atoms with Crippen LogP contribution in [0, 0.1) is 5.92 Å². The summed E-state index contributed by atoms with van der Waals surface area (Å²) in [7, 11) is 4.22. The second-order valence-corrected chi connectivity index (χ2v) is 9.42. The lowest BCUT2D eigenvalue weighted by molar-refractivity contribution is -0.136. The molecule has 0 bridgehead atoms. The minimum absolute atomic E-state index is 0.284. The first-order valence-electron chi connectivity index (χ1n) is 11.3. The molecule has 7 heteroatoms. The fraction of sp³-hybridized carbons (Fsp3) is 0.905. The van der Waals surface area contributed by atoms with Gasteiger partial charge in [0.05, 0.1) is 6.04 Å². The van der Waals surface area contributed by atoms with Crippen molar-refractivity contribution in [3.05, 3.63) is 5.82 Å². The van der Waals surface area contributed by atoms with Gasteiger partial charge in [0.1, 0.15) is 5.54 Å². The number of carbonyl (C=O) groups excluding carboxylic acids is 1. The molecule has 1 saturated heterocycles. The minimum atomic E-state index is -0.284. The summed E-state index contributed by atoms with van der Waals surface area (Å²) in [6, 6.07) is 0.412. The number of tetrazole rings is 1. The van der Waals surface area contributed by atoms with Crippen LogP contribution in [0.4, 0.5) is 0 Å². The van der Waals surface area contributed by atoms with Crippen LogP contribution in [0.5, 0.6) is 0 Å². The maximum atomic E-state index is 13.0. The third-order valence-corrected chi connectivity index (χ3v) is 7.50. The van der Waals surface area contributed by atoms with Gasteiger partial charge in [0.15, 0.2) is 5.82 Å². The Kier molecular flexibility index (Phi) is 5.99. The van der Waals surface area contributed by atoms with Crippen molar-refractivity contribution in [3.63, 3.8) is 0 Å². The van der Waals surface area contributed by atoms with Gasteiger partial charge in [-0.05, 0) is 62.5 Å². The molecule has 1 atom stereocenters. The van der Waals surface area contributed by atoms with E-state index >= 15 is 0 Å². The predicted molar refractivity (Wildman–Crippen MR) is 108 cm³/mol. The summed E-state index contributed by atoms with van der Waals surface area (Å²) in [6.07, 6.45) is 13.9. The van der Waals surface area contributed by atoms with E-state index in [-0.39, 0.29) is 5.54 Å². The van der Waals surface area contributed by atoms with Crippen LogP contribution in [0.1, 0.15) is 88.9 Å². The summed E-state index contributed by atoms with van der Waals surface area (Å²) in [4.78, 5) is 17.4. The highest BCUT2D eigenvalue weighted by atomic mass is 16.2. The first-order chi connectivity index (χ1) is 13.6. The lowest BCUT2D eigenvalue weighted by Crippen LogP contribution is -2.56. The zero-order chi connectivity index (χ0) is 19.6. The lowest BCUT2D eigenvalue weighted by atomic mass is 9.86. The number of nitrogens with zero attached hydrogens (tertiary/aromatic N) is 6. The van der Waals surface area contributed by atoms with Crippen LogP contribution in [0.3, 0.4) is 0 Å². The molecule has 7 nitrogen and oxygen atoms in total. The van der Waals surface area contributed by atoms with Crippen LogP contribution in [-0.2, 0) is 10.3 Å². The zero-order valence-electron chi connectivity index (χ0n) is 17.6. The molecule has 4 rings (SSSR count). The Morgan fingerprint density at radius 3 is 2.54 bits per heavy atom. The van der Waals surface area contributed by atoms with E-state index in [0.29, 0.717) is 24.9 Å². The maximum Gasteiger partial charge on any atom is 0.222 e. The number of hydrogen-bond acceptors (Lipinski definition) is 5. The van der Waals surface area contributed by atoms with Crippen molar-refractivity contribution in [3.8, 4) is 0 Å². The summed E-state index contributed by atoms with van der Waals surface area (Å²) in [5.74, 6) is 2.04. The smallest absolute Gasteiger partial charge is 0.222 e. The number of carbonyl (C=O) groups is 1. The van der Waals surface area contributed by atoms with Crippen molar-refractivity contribution in [2.24, 2.45) is 5.92 Å². The SMILES string of the molecule is CN(C)C1(c2nnnn2C2CCCC2)CCCN(C(=O)CCC2CCCC2)C1. The number of rotatable bonds is 6. The number of amides is 1. The Balaban J connectivity index is 1.50. The number of piperidine rings is 1. The lowest BCUT2D eigenvalue weighted by Gasteiger charge is -2.46. The molecule has 3 fully saturated rings. The molecule has 0 spiro atoms. The summed E-state index contributed by atoms with van der Waals surface area (Å²) in [5.41, 5.74) is -0.284. The number of likely N-dealkylation sites (tertiary alicyclic amines) is 1. The fourth-order valence-corrected chi connectivity index (χ4v) is 5.68. The Bertz CT molecular complexity index is 662. The molecule has 3 aliphatic rings. The van der Waals surface area contributed by atoms with Crippen LogP contribution in [0.25, 0.3) is 0 Å². The fourth-order valence-electron chi connectivity index (χ4n) is 5.68. The van der Waals surface area contributed by atoms with Crippen molar-refractivity contribution < 1.29 is 4.79 Å². The van der Waals surface area contributed by atoms with Crippen molar-refractivity contribution >= 4 is 5.91 Å². The molecular weight excluding hydrogens is 352 g/mol. The van der Waals surface area contributed by atoms with E-state index in [4.69, 9.17) is 0 Å². The van der Waals surface area contributed by atoms with Gasteiger partial charge in [0.25, 0.3) is 0 Å². The van der Waals surface area contributed by atoms with E-state index in [9.17, 15) is 4.79 Å². The Morgan fingerprint density at radius 2 is 1.82 bits per heavy atom. The maximum absolute atomic E-state index is 13.0. The van der Waals surface area contributed by atoms with E-state index in [2.05, 4.69) is 44.1 Å². The molecule has 2 saturated carbocycles. The molecule has 1 amide bonds. The summed E-state index contributed by atoms with van der Waals surface area (Å²) in [5, 5.41) is 12.9. The van der Waals surface area contributed by atoms with E-state index in [1.54, 1.807) is 0 Å². The standard InChI is InChI=1S/C21H36N6O/c1-25(2)21(20-22-23-24-27(20)18-10-5-6-11-18)14-7-15-26(16-21)19(28)13-12-17-8-3-4-9-17/h17-18H,3-16H2,1-2H3. The number of aromatic nitrogens is 4. The Morgan fingerprint density at radius 1 is 1.11 bits per heavy atom. The summed E-state index contributed by atoms with van der Waals surface area (Å²) >= 11 is 0. The van der Waals surface area contributed by atoms with Crippen LogP contribution in [0.15, 0.2) is 0 Å². The van der Waals surface area contributed by atoms with Crippen LogP contribution >= 0.6 is 0 Å². The minimum Gasteiger partial charge on any atom is -0.340 e. The topological polar surface area (TPSA) is 67.2 Å². The van der Waals surface area contributed by atoms with Gasteiger partial charge in [-0.3, -0.25) is 9.69 Å². The average Bonchev–Trinajstić information content (AvgIpc) is 3.47. The second-order valence-electron chi connectivity index (χ2n) is 9.42. The van der Waals surface area contributed by atoms with Crippen molar-refractivity contribution in [2.75, 3.05) is 27.2 Å². The van der Waals surface area contributed by atoms with E-state index in [1.807, 2.05) is 0 Å². The highest BCUT2D eigenvalue weighted by molar-refractivity contribution is 5.76. The van der Waals surface area contributed by atoms with Gasteiger partial charge in [-0.25, -0.2) is 4.68 Å². The quantitative estimate of drug-likeness (QED) is 0.749. The Labute approximate surface area is 168 Å². The molecule has 2 aliphatic carbocycles. The van der Waals surface area contributed by atoms with Gasteiger partial charge < -0.3 is 4.90 Å². The largest absolute Gasteiger partial charge is 0.340 e. The van der Waals surface area contributed by atoms with Crippen molar-refractivity contribution in [1.29, 1.82) is 0 Å². The third kappa shape index (κ3) is 3.82. The average molecular weight is 389 g/mol. The van der Waals surface area contributed by atoms with Gasteiger partial charge in [-0.1, -0.05) is 38.5 Å². The zero-order valence-corrected chi connectivity index (χ0v) is 17.6. The molecule has 0 aromatic carbocycles. The number of hydrogen-bond donors (Lipinski definition) is 0. The molecule has 28 heavy (non-hydrogen) atoms. The molecule has 0 radical (unpaired) electrons. The summed E-state index contributed by atoms with van der Waals surface area (Å²) < 4.78 is 2.08. The van der Waals surface area contributed by atoms with Crippen LogP contribution in [-0.4, -0.2) is 63.1 Å². The van der Waals surface area contributed by atoms with Gasteiger partial charge >= 0.3 is 0 Å². The van der Waals surface area contributed by atoms with Crippen molar-refractivity contribution in [2.45, 2.75) is 88.6 Å². The summed E-state index contributed by atoms with van der Waals surface area (Å²) in [6.45, 7) is 1.57. The monoisotopic (exact) mass is 388 g/mol. The highest BCUT2D eigenvalue weighted by Gasteiger charge is 2.45. The Hall–Kier alpha value is -1.50. The number of likely N-dealkylation sites (N-methyl/N-ethyl adjacent to an activating group) is 1. The van der Waals surface area contributed by atoms with Gasteiger partial charge in [-0.15, -0.1) is 5.10 Å². The van der Waals surface area contributed by atoms with E-state index in [0.717, 1.165) is 50.4 Å². The molecule has 2 heterocycles. The molecule has 1 aliphatic heterocycles. The molecule has 156 valence electrons. The van der Waals surface area contributed by atoms with Crippen LogP contribution < -0.4 is 0 Å². The first-order valence-corrected chi connectivity index (χ1v) is 11.3. The van der Waals surface area contributed by atoms with E-state index < -0.39 is 0 Å². The van der Waals surface area contributed by atoms with Gasteiger partial charge in [-0.2, -0.15) is 0 Å². The molecule has 1 unspecified atom stereocenters. The second kappa shape index (κ2) is 8.47. The highest BCUT2D eigenvalue weighted by Crippen LogP contribution is 2.38. The van der Waals surface area contributed by atoms with Crippen molar-refractivity contribution in [1.82, 2.24) is 30.0 Å². The first kappa shape index (κ1) is 19.8. The van der Waals surface area contributed by atoms with Gasteiger partial charge in [0.2, 0.25) is 5.91 Å². The predicted octanol–water partition coefficient (Wildman–Crippen LogP) is 3.14. The molecule has 0 N–H and O–H groups in total. The van der Waals surface area contributed by atoms with Gasteiger partial charge in [0, 0.05) is 19.5 Å². The normalized spacial score (nSPS) is 27.2. The molecule has 1 aromatic rings. The van der Waals surface area contributed by atoms with E-state index in [1.165, 1.54) is 38.5 Å².